The molecule has 1 fully saturated rings. The Morgan fingerprint density at radius 1 is 1.45 bits per heavy atom. The van der Waals surface area contributed by atoms with Gasteiger partial charge in [-0.1, -0.05) is 0 Å². The van der Waals surface area contributed by atoms with Crippen LogP contribution in [0.15, 0.2) is 23.4 Å². The summed E-state index contributed by atoms with van der Waals surface area (Å²) in [5, 5.41) is 0.744. The molecule has 0 unspecified atom stereocenters. The van der Waals surface area contributed by atoms with Crippen LogP contribution in [0.3, 0.4) is 0 Å². The second kappa shape index (κ2) is 7.43. The standard InChI is InChI=1S/C14H21N3O3S2/c1-21-13-12(4-3-7-15-13)14(18)17-8-5-11(6-9-17)10-16-22(2,19)20/h3-4,7,11,16H,5-6,8-10H2,1-2H3. The second-order valence-electron chi connectivity index (χ2n) is 5.42. The van der Waals surface area contributed by atoms with Crippen LogP contribution in [0.1, 0.15) is 23.2 Å². The van der Waals surface area contributed by atoms with Crippen molar-refractivity contribution in [1.82, 2.24) is 14.6 Å². The van der Waals surface area contributed by atoms with Crippen molar-refractivity contribution >= 4 is 27.7 Å². The van der Waals surface area contributed by atoms with Gasteiger partial charge in [-0.3, -0.25) is 4.79 Å². The Kier molecular flexibility index (Phi) is 5.82. The van der Waals surface area contributed by atoms with Crippen LogP contribution < -0.4 is 4.72 Å². The predicted molar refractivity (Wildman–Crippen MR) is 87.5 cm³/mol. The number of amides is 1. The molecule has 0 spiro atoms. The first-order valence-electron chi connectivity index (χ1n) is 7.13. The van der Waals surface area contributed by atoms with Crippen LogP contribution in [-0.2, 0) is 10.0 Å². The van der Waals surface area contributed by atoms with E-state index in [1.54, 1.807) is 18.3 Å². The van der Waals surface area contributed by atoms with Crippen LogP contribution in [0.5, 0.6) is 0 Å². The molecule has 2 heterocycles. The summed E-state index contributed by atoms with van der Waals surface area (Å²) in [5.74, 6) is 0.291. The Balaban J connectivity index is 1.92. The average molecular weight is 343 g/mol. The number of pyridine rings is 1. The van der Waals surface area contributed by atoms with Crippen molar-refractivity contribution < 1.29 is 13.2 Å². The van der Waals surface area contributed by atoms with E-state index in [4.69, 9.17) is 0 Å². The third kappa shape index (κ3) is 4.69. The minimum Gasteiger partial charge on any atom is -0.339 e. The number of nitrogens with one attached hydrogen (secondary N) is 1. The van der Waals surface area contributed by atoms with Crippen molar-refractivity contribution in [2.45, 2.75) is 17.9 Å². The highest BCUT2D eigenvalue weighted by Crippen LogP contribution is 2.22. The Hall–Kier alpha value is -1.12. The number of rotatable bonds is 5. The summed E-state index contributed by atoms with van der Waals surface area (Å²) in [6.07, 6.45) is 6.37. The van der Waals surface area contributed by atoms with Crippen molar-refractivity contribution in [3.05, 3.63) is 23.9 Å². The van der Waals surface area contributed by atoms with Crippen LogP contribution >= 0.6 is 11.8 Å². The molecule has 8 heteroatoms. The van der Waals surface area contributed by atoms with Gasteiger partial charge < -0.3 is 4.90 Å². The van der Waals surface area contributed by atoms with Gasteiger partial charge in [0.2, 0.25) is 10.0 Å². The molecule has 122 valence electrons. The molecule has 1 saturated heterocycles. The van der Waals surface area contributed by atoms with E-state index >= 15 is 0 Å². The zero-order chi connectivity index (χ0) is 16.2. The number of nitrogens with zero attached hydrogens (tertiary/aromatic N) is 2. The molecular formula is C14H21N3O3S2. The molecule has 0 aromatic carbocycles. The quantitative estimate of drug-likeness (QED) is 0.813. The number of sulfonamides is 1. The van der Waals surface area contributed by atoms with Gasteiger partial charge in [0.05, 0.1) is 11.8 Å². The first kappa shape index (κ1) is 17.2. The maximum Gasteiger partial charge on any atom is 0.256 e. The molecular weight excluding hydrogens is 322 g/mol. The zero-order valence-electron chi connectivity index (χ0n) is 12.8. The van der Waals surface area contributed by atoms with E-state index in [1.807, 2.05) is 11.2 Å². The van der Waals surface area contributed by atoms with E-state index in [-0.39, 0.29) is 11.8 Å². The fourth-order valence-electron chi connectivity index (χ4n) is 2.50. The average Bonchev–Trinajstić information content (AvgIpc) is 2.52. The first-order valence-corrected chi connectivity index (χ1v) is 10.2. The summed E-state index contributed by atoms with van der Waals surface area (Å²) in [6, 6.07) is 3.58. The van der Waals surface area contributed by atoms with Gasteiger partial charge in [-0.15, -0.1) is 11.8 Å². The number of aromatic nitrogens is 1. The molecule has 0 atom stereocenters. The summed E-state index contributed by atoms with van der Waals surface area (Å²) in [5.41, 5.74) is 0.641. The van der Waals surface area contributed by atoms with Crippen LogP contribution in [0, 0.1) is 5.92 Å². The molecule has 6 nitrogen and oxygen atoms in total. The fraction of sp³-hybridized carbons (Fsp3) is 0.571. The topological polar surface area (TPSA) is 79.4 Å². The highest BCUT2D eigenvalue weighted by molar-refractivity contribution is 7.98. The van der Waals surface area contributed by atoms with E-state index in [0.717, 1.165) is 24.1 Å². The van der Waals surface area contributed by atoms with E-state index in [2.05, 4.69) is 9.71 Å². The summed E-state index contributed by atoms with van der Waals surface area (Å²) >= 11 is 1.46. The SMILES string of the molecule is CSc1ncccc1C(=O)N1CCC(CNS(C)(=O)=O)CC1. The van der Waals surface area contributed by atoms with Crippen LogP contribution in [-0.4, -0.2) is 56.4 Å². The second-order valence-corrected chi connectivity index (χ2v) is 8.04. The van der Waals surface area contributed by atoms with Gasteiger partial charge in [0.15, 0.2) is 0 Å². The number of thioether (sulfide) groups is 1. The Labute approximate surface area is 135 Å². The lowest BCUT2D eigenvalue weighted by Crippen LogP contribution is -2.41. The summed E-state index contributed by atoms with van der Waals surface area (Å²) in [4.78, 5) is 18.6. The van der Waals surface area contributed by atoms with Gasteiger partial charge in [-0.25, -0.2) is 18.1 Å². The summed E-state index contributed by atoms with van der Waals surface area (Å²) in [6.45, 7) is 1.75. The predicted octanol–water partition coefficient (Wildman–Crippen LogP) is 1.20. The maximum absolute atomic E-state index is 12.6. The highest BCUT2D eigenvalue weighted by atomic mass is 32.2. The van der Waals surface area contributed by atoms with E-state index < -0.39 is 10.0 Å². The lowest BCUT2D eigenvalue weighted by atomic mass is 9.97. The third-order valence-electron chi connectivity index (χ3n) is 3.73. The van der Waals surface area contributed by atoms with Crippen molar-refractivity contribution in [2.75, 3.05) is 32.1 Å². The van der Waals surface area contributed by atoms with Crippen LogP contribution in [0.4, 0.5) is 0 Å². The molecule has 22 heavy (non-hydrogen) atoms. The highest BCUT2D eigenvalue weighted by Gasteiger charge is 2.25. The van der Waals surface area contributed by atoms with Gasteiger partial charge in [0.25, 0.3) is 5.91 Å². The monoisotopic (exact) mass is 343 g/mol. The molecule has 0 saturated carbocycles. The van der Waals surface area contributed by atoms with E-state index in [1.165, 1.54) is 11.8 Å². The molecule has 0 radical (unpaired) electrons. The number of carbonyl (C=O) groups excluding carboxylic acids is 1. The molecule has 1 aliphatic rings. The number of carbonyl (C=O) groups is 1. The minimum absolute atomic E-state index is 0.00646. The van der Waals surface area contributed by atoms with Crippen molar-refractivity contribution in [1.29, 1.82) is 0 Å². The summed E-state index contributed by atoms with van der Waals surface area (Å²) in [7, 11) is -3.15. The van der Waals surface area contributed by atoms with Gasteiger partial charge >= 0.3 is 0 Å². The van der Waals surface area contributed by atoms with Crippen LogP contribution in [0.2, 0.25) is 0 Å². The number of piperidine rings is 1. The van der Waals surface area contributed by atoms with Gasteiger partial charge in [-0.2, -0.15) is 0 Å². The maximum atomic E-state index is 12.6. The zero-order valence-corrected chi connectivity index (χ0v) is 14.4. The van der Waals surface area contributed by atoms with Gasteiger partial charge in [0, 0.05) is 25.8 Å². The van der Waals surface area contributed by atoms with E-state index in [0.29, 0.717) is 25.2 Å². The van der Waals surface area contributed by atoms with Gasteiger partial charge in [-0.05, 0) is 37.1 Å². The van der Waals surface area contributed by atoms with Crippen LogP contribution in [0.25, 0.3) is 0 Å². The van der Waals surface area contributed by atoms with Crippen molar-refractivity contribution in [3.8, 4) is 0 Å². The Morgan fingerprint density at radius 3 is 2.73 bits per heavy atom. The molecule has 0 bridgehead atoms. The lowest BCUT2D eigenvalue weighted by Gasteiger charge is -2.32. The minimum atomic E-state index is -3.15. The summed E-state index contributed by atoms with van der Waals surface area (Å²) < 4.78 is 24.8. The molecule has 1 N–H and O–H groups in total. The molecule has 1 aliphatic heterocycles. The number of hydrogen-bond acceptors (Lipinski definition) is 5. The molecule has 1 aromatic rings. The Bertz CT molecular complexity index is 626. The smallest absolute Gasteiger partial charge is 0.256 e. The molecule has 0 aliphatic carbocycles. The fourth-order valence-corrected chi connectivity index (χ4v) is 3.58. The largest absolute Gasteiger partial charge is 0.339 e. The number of hydrogen-bond donors (Lipinski definition) is 1. The molecule has 2 rings (SSSR count). The van der Waals surface area contributed by atoms with Crippen molar-refractivity contribution in [2.24, 2.45) is 5.92 Å². The van der Waals surface area contributed by atoms with Gasteiger partial charge in [0.1, 0.15) is 5.03 Å². The van der Waals surface area contributed by atoms with Crippen molar-refractivity contribution in [3.63, 3.8) is 0 Å². The lowest BCUT2D eigenvalue weighted by molar-refractivity contribution is 0.0687. The first-order chi connectivity index (χ1) is 10.4. The number of likely N-dealkylation sites (tertiary alicyclic amines) is 1. The Morgan fingerprint density at radius 2 is 2.14 bits per heavy atom. The normalized spacial score (nSPS) is 16.7. The van der Waals surface area contributed by atoms with E-state index in [9.17, 15) is 13.2 Å². The molecule has 1 aromatic heterocycles. The third-order valence-corrected chi connectivity index (χ3v) is 5.13. The molecule has 1 amide bonds.